The minimum absolute atomic E-state index is 0.165. The summed E-state index contributed by atoms with van der Waals surface area (Å²) in [6, 6.07) is 16.8. The number of carbonyl (C=O) groups is 2. The molecule has 0 radical (unpaired) electrons. The lowest BCUT2D eigenvalue weighted by atomic mass is 10.1. The van der Waals surface area contributed by atoms with E-state index in [1.165, 1.54) is 20.3 Å². The van der Waals surface area contributed by atoms with Crippen LogP contribution < -0.4 is 23.7 Å². The first-order chi connectivity index (χ1) is 16.0. The first-order valence-electron chi connectivity index (χ1n) is 10.3. The molecule has 0 fully saturated rings. The molecule has 0 unspecified atom stereocenters. The molecule has 4 rings (SSSR count). The molecule has 7 heteroatoms. The first kappa shape index (κ1) is 22.0. The van der Waals surface area contributed by atoms with Gasteiger partial charge in [-0.1, -0.05) is 18.2 Å². The molecule has 0 saturated heterocycles. The number of benzene rings is 3. The Bertz CT molecular complexity index is 1220. The lowest BCUT2D eigenvalue weighted by Crippen LogP contribution is -2.09. The molecular formula is C26H22O7. The van der Waals surface area contributed by atoms with Crippen LogP contribution in [0.25, 0.3) is 6.08 Å². The van der Waals surface area contributed by atoms with Crippen LogP contribution in [0.3, 0.4) is 0 Å². The van der Waals surface area contributed by atoms with E-state index in [1.807, 2.05) is 31.2 Å². The Morgan fingerprint density at radius 1 is 0.939 bits per heavy atom. The third-order valence-corrected chi connectivity index (χ3v) is 4.94. The van der Waals surface area contributed by atoms with Crippen molar-refractivity contribution in [3.05, 3.63) is 83.1 Å². The number of fused-ring (bicyclic) bond motifs is 1. The van der Waals surface area contributed by atoms with Gasteiger partial charge in [-0.3, -0.25) is 4.79 Å². The molecule has 7 nitrogen and oxygen atoms in total. The molecule has 0 aliphatic carbocycles. The van der Waals surface area contributed by atoms with Gasteiger partial charge in [-0.2, -0.15) is 0 Å². The fourth-order valence-corrected chi connectivity index (χ4v) is 3.35. The zero-order valence-electron chi connectivity index (χ0n) is 18.4. The van der Waals surface area contributed by atoms with Gasteiger partial charge in [0.15, 0.2) is 5.76 Å². The van der Waals surface area contributed by atoms with Gasteiger partial charge in [0.2, 0.25) is 5.78 Å². The molecule has 0 amide bonds. The molecule has 0 atom stereocenters. The Hall–Kier alpha value is -4.26. The van der Waals surface area contributed by atoms with E-state index in [0.29, 0.717) is 35.2 Å². The van der Waals surface area contributed by atoms with E-state index in [4.69, 9.17) is 23.7 Å². The van der Waals surface area contributed by atoms with Crippen LogP contribution in [-0.4, -0.2) is 32.6 Å². The van der Waals surface area contributed by atoms with E-state index in [2.05, 4.69) is 0 Å². The molecule has 0 bridgehead atoms. The van der Waals surface area contributed by atoms with Gasteiger partial charge in [-0.25, -0.2) is 4.79 Å². The summed E-state index contributed by atoms with van der Waals surface area (Å²) in [4.78, 5) is 25.4. The number of hydrogen-bond acceptors (Lipinski definition) is 7. The van der Waals surface area contributed by atoms with Gasteiger partial charge >= 0.3 is 5.97 Å². The molecule has 1 heterocycles. The highest BCUT2D eigenvalue weighted by Gasteiger charge is 2.28. The number of hydrogen-bond donors (Lipinski definition) is 0. The Balaban J connectivity index is 1.56. The topological polar surface area (TPSA) is 80.3 Å². The van der Waals surface area contributed by atoms with Crippen molar-refractivity contribution in [2.75, 3.05) is 20.8 Å². The van der Waals surface area contributed by atoms with Crippen molar-refractivity contribution in [1.29, 1.82) is 0 Å². The molecule has 0 N–H and O–H groups in total. The number of Topliss-reactive ketones (excluding diaryl/α,β-unsaturated/α-hetero) is 1. The molecule has 0 aromatic heterocycles. The molecule has 3 aromatic carbocycles. The second-order valence-corrected chi connectivity index (χ2v) is 7.06. The highest BCUT2D eigenvalue weighted by molar-refractivity contribution is 6.14. The van der Waals surface area contributed by atoms with Gasteiger partial charge < -0.3 is 23.7 Å². The van der Waals surface area contributed by atoms with Gasteiger partial charge in [-0.15, -0.1) is 0 Å². The number of carbonyl (C=O) groups excluding carboxylic acids is 2. The van der Waals surface area contributed by atoms with E-state index in [-0.39, 0.29) is 22.9 Å². The molecule has 1 aliphatic heterocycles. The van der Waals surface area contributed by atoms with Crippen LogP contribution in [0.15, 0.2) is 66.4 Å². The second-order valence-electron chi connectivity index (χ2n) is 7.06. The zero-order valence-corrected chi connectivity index (χ0v) is 18.4. The van der Waals surface area contributed by atoms with E-state index < -0.39 is 5.97 Å². The van der Waals surface area contributed by atoms with Crippen molar-refractivity contribution in [2.24, 2.45) is 0 Å². The van der Waals surface area contributed by atoms with Crippen molar-refractivity contribution in [3.8, 4) is 28.7 Å². The zero-order chi connectivity index (χ0) is 23.4. The van der Waals surface area contributed by atoms with Gasteiger partial charge in [0.05, 0.1) is 32.0 Å². The Kier molecular flexibility index (Phi) is 6.31. The largest absolute Gasteiger partial charge is 0.497 e. The number of allylic oxidation sites excluding steroid dienone is 1. The minimum atomic E-state index is -0.599. The standard InChI is InChI=1S/C26H22O7/c1-4-31-22-8-6-5-7-16(22)13-24-25(27)21-10-9-18(15-23(21)33-24)32-26(28)17-11-19(29-2)14-20(12-17)30-3/h5-15H,4H2,1-3H3/b24-13-. The van der Waals surface area contributed by atoms with Crippen molar-refractivity contribution < 1.29 is 33.3 Å². The van der Waals surface area contributed by atoms with Crippen LogP contribution in [0, 0.1) is 0 Å². The average Bonchev–Trinajstić information content (AvgIpc) is 3.14. The Morgan fingerprint density at radius 2 is 1.67 bits per heavy atom. The fourth-order valence-electron chi connectivity index (χ4n) is 3.35. The smallest absolute Gasteiger partial charge is 0.343 e. The van der Waals surface area contributed by atoms with Crippen LogP contribution in [0.2, 0.25) is 0 Å². The van der Waals surface area contributed by atoms with E-state index in [0.717, 1.165) is 5.56 Å². The Labute approximate surface area is 191 Å². The number of esters is 1. The summed E-state index contributed by atoms with van der Waals surface area (Å²) < 4.78 is 27.3. The first-order valence-corrected chi connectivity index (χ1v) is 10.3. The third kappa shape index (κ3) is 4.67. The number of ketones is 1. The highest BCUT2D eigenvalue weighted by Crippen LogP contribution is 2.36. The van der Waals surface area contributed by atoms with E-state index in [9.17, 15) is 9.59 Å². The number of para-hydroxylation sites is 1. The van der Waals surface area contributed by atoms with E-state index in [1.54, 1.807) is 36.4 Å². The molecule has 0 spiro atoms. The van der Waals surface area contributed by atoms with Crippen LogP contribution in [-0.2, 0) is 0 Å². The highest BCUT2D eigenvalue weighted by atomic mass is 16.5. The maximum atomic E-state index is 12.8. The summed E-state index contributed by atoms with van der Waals surface area (Å²) in [5.41, 5.74) is 1.38. The summed E-state index contributed by atoms with van der Waals surface area (Å²) in [5.74, 6) is 1.45. The third-order valence-electron chi connectivity index (χ3n) is 4.94. The monoisotopic (exact) mass is 446 g/mol. The molecule has 168 valence electrons. The quantitative estimate of drug-likeness (QED) is 0.289. The predicted molar refractivity (Wildman–Crippen MR) is 121 cm³/mol. The normalized spacial score (nSPS) is 13.3. The summed E-state index contributed by atoms with van der Waals surface area (Å²) in [6.45, 7) is 2.39. The summed E-state index contributed by atoms with van der Waals surface area (Å²) in [6.07, 6.45) is 1.64. The molecule has 3 aromatic rings. The average molecular weight is 446 g/mol. The van der Waals surface area contributed by atoms with Gasteiger partial charge in [0, 0.05) is 17.7 Å². The van der Waals surface area contributed by atoms with Gasteiger partial charge in [0.25, 0.3) is 0 Å². The van der Waals surface area contributed by atoms with Crippen molar-refractivity contribution >= 4 is 17.8 Å². The van der Waals surface area contributed by atoms with Crippen LogP contribution in [0.1, 0.15) is 33.2 Å². The molecule has 0 saturated carbocycles. The molecule has 1 aliphatic rings. The van der Waals surface area contributed by atoms with Crippen molar-refractivity contribution in [2.45, 2.75) is 6.92 Å². The number of rotatable bonds is 7. The summed E-state index contributed by atoms with van der Waals surface area (Å²) in [5, 5.41) is 0. The van der Waals surface area contributed by atoms with Crippen molar-refractivity contribution in [1.82, 2.24) is 0 Å². The van der Waals surface area contributed by atoms with Gasteiger partial charge in [0.1, 0.15) is 28.7 Å². The molecular weight excluding hydrogens is 424 g/mol. The number of methoxy groups -OCH3 is 2. The van der Waals surface area contributed by atoms with Crippen molar-refractivity contribution in [3.63, 3.8) is 0 Å². The minimum Gasteiger partial charge on any atom is -0.497 e. The second kappa shape index (κ2) is 9.48. The fraction of sp³-hybridized carbons (Fsp3) is 0.154. The maximum Gasteiger partial charge on any atom is 0.343 e. The van der Waals surface area contributed by atoms with Crippen LogP contribution in [0.4, 0.5) is 0 Å². The SMILES string of the molecule is CCOc1ccccc1/C=C1\Oc2cc(OC(=O)c3cc(OC)cc(OC)c3)ccc2C1=O. The lowest BCUT2D eigenvalue weighted by molar-refractivity contribution is 0.0733. The molecule has 33 heavy (non-hydrogen) atoms. The van der Waals surface area contributed by atoms with E-state index >= 15 is 0 Å². The number of ether oxygens (including phenoxy) is 5. The maximum absolute atomic E-state index is 12.8. The van der Waals surface area contributed by atoms with Crippen LogP contribution >= 0.6 is 0 Å². The van der Waals surface area contributed by atoms with Gasteiger partial charge in [-0.05, 0) is 43.3 Å². The lowest BCUT2D eigenvalue weighted by Gasteiger charge is -2.09. The summed E-state index contributed by atoms with van der Waals surface area (Å²) in [7, 11) is 2.99. The summed E-state index contributed by atoms with van der Waals surface area (Å²) >= 11 is 0. The Morgan fingerprint density at radius 3 is 2.36 bits per heavy atom. The predicted octanol–water partition coefficient (Wildman–Crippen LogP) is 4.94. The van der Waals surface area contributed by atoms with Crippen LogP contribution in [0.5, 0.6) is 28.7 Å².